The van der Waals surface area contributed by atoms with E-state index >= 15 is 0 Å². The summed E-state index contributed by atoms with van der Waals surface area (Å²) >= 11 is 0. The highest BCUT2D eigenvalue weighted by atomic mass is 16.5. The lowest BCUT2D eigenvalue weighted by Crippen LogP contribution is -1.93. The van der Waals surface area contributed by atoms with Gasteiger partial charge in [0.2, 0.25) is 0 Å². The van der Waals surface area contributed by atoms with Crippen LogP contribution in [0.2, 0.25) is 0 Å². The van der Waals surface area contributed by atoms with E-state index in [1.165, 1.54) is 0 Å². The van der Waals surface area contributed by atoms with Gasteiger partial charge < -0.3 is 15.2 Å². The first kappa shape index (κ1) is 11.3. The van der Waals surface area contributed by atoms with Crippen molar-refractivity contribution >= 4 is 5.82 Å². The van der Waals surface area contributed by atoms with Crippen LogP contribution in [0.4, 0.5) is 5.82 Å². The Balaban J connectivity index is 2.55. The Kier molecular flexibility index (Phi) is 2.91. The molecule has 5 heteroatoms. The van der Waals surface area contributed by atoms with E-state index in [-0.39, 0.29) is 0 Å². The molecule has 0 aliphatic rings. The number of nitrogens with two attached hydrogens (primary N) is 1. The van der Waals surface area contributed by atoms with Crippen LogP contribution in [0.5, 0.6) is 11.5 Å². The van der Waals surface area contributed by atoms with Crippen LogP contribution >= 0.6 is 0 Å². The van der Waals surface area contributed by atoms with Gasteiger partial charge in [-0.1, -0.05) is 0 Å². The number of ether oxygens (including phenoxy) is 2. The summed E-state index contributed by atoms with van der Waals surface area (Å²) in [7, 11) is 3.23. The number of rotatable bonds is 3. The molecule has 0 fully saturated rings. The minimum absolute atomic E-state index is 0.467. The minimum Gasteiger partial charge on any atom is -0.493 e. The minimum atomic E-state index is 0.467. The molecule has 0 unspecified atom stereocenters. The average molecular weight is 233 g/mol. The summed E-state index contributed by atoms with van der Waals surface area (Å²) in [5.74, 6) is 1.86. The number of hydrogen-bond acceptors (Lipinski definition) is 4. The van der Waals surface area contributed by atoms with E-state index in [4.69, 9.17) is 15.2 Å². The summed E-state index contributed by atoms with van der Waals surface area (Å²) in [5, 5.41) is 6.79. The van der Waals surface area contributed by atoms with Crippen LogP contribution in [0.25, 0.3) is 11.3 Å². The molecule has 1 heterocycles. The number of hydrogen-bond donors (Lipinski definition) is 2. The van der Waals surface area contributed by atoms with Crippen LogP contribution in [0.15, 0.2) is 18.2 Å². The fraction of sp³-hybridized carbons (Fsp3) is 0.250. The highest BCUT2D eigenvalue weighted by Crippen LogP contribution is 2.34. The van der Waals surface area contributed by atoms with E-state index in [0.717, 1.165) is 16.8 Å². The highest BCUT2D eigenvalue weighted by Gasteiger charge is 2.11. The number of methoxy groups -OCH3 is 2. The quantitative estimate of drug-likeness (QED) is 0.850. The molecule has 90 valence electrons. The second kappa shape index (κ2) is 4.37. The summed E-state index contributed by atoms with van der Waals surface area (Å²) < 4.78 is 10.5. The van der Waals surface area contributed by atoms with Crippen molar-refractivity contribution in [3.63, 3.8) is 0 Å². The number of benzene rings is 1. The fourth-order valence-corrected chi connectivity index (χ4v) is 1.75. The molecule has 0 saturated heterocycles. The Morgan fingerprint density at radius 1 is 1.12 bits per heavy atom. The van der Waals surface area contributed by atoms with Crippen molar-refractivity contribution in [3.05, 3.63) is 23.8 Å². The Hall–Kier alpha value is -2.17. The zero-order chi connectivity index (χ0) is 12.4. The standard InChI is InChI=1S/C12H15N3O2/c1-7-4-10(16-2)11(17-3)5-8(7)9-6-12(13)15-14-9/h4-6H,1-3H3,(H3,13,14,15). The molecular weight excluding hydrogens is 218 g/mol. The van der Waals surface area contributed by atoms with Gasteiger partial charge in [-0.2, -0.15) is 5.10 Å². The molecule has 0 radical (unpaired) electrons. The van der Waals surface area contributed by atoms with Gasteiger partial charge in [-0.05, 0) is 24.6 Å². The van der Waals surface area contributed by atoms with E-state index in [1.807, 2.05) is 19.1 Å². The lowest BCUT2D eigenvalue weighted by atomic mass is 10.0. The average Bonchev–Trinajstić information content (AvgIpc) is 2.75. The zero-order valence-electron chi connectivity index (χ0n) is 10.1. The van der Waals surface area contributed by atoms with Crippen LogP contribution in [0.1, 0.15) is 5.56 Å². The first-order valence-corrected chi connectivity index (χ1v) is 5.19. The zero-order valence-corrected chi connectivity index (χ0v) is 10.1. The van der Waals surface area contributed by atoms with E-state index in [9.17, 15) is 0 Å². The molecule has 0 amide bonds. The van der Waals surface area contributed by atoms with E-state index in [1.54, 1.807) is 20.3 Å². The number of aromatic amines is 1. The molecule has 1 aromatic heterocycles. The normalized spacial score (nSPS) is 10.3. The molecule has 0 aliphatic carbocycles. The smallest absolute Gasteiger partial charge is 0.161 e. The van der Waals surface area contributed by atoms with Gasteiger partial charge in [0.15, 0.2) is 11.5 Å². The summed E-state index contributed by atoms with van der Waals surface area (Å²) in [6.07, 6.45) is 0. The first-order valence-electron chi connectivity index (χ1n) is 5.19. The van der Waals surface area contributed by atoms with E-state index in [0.29, 0.717) is 17.3 Å². The van der Waals surface area contributed by atoms with Crippen molar-refractivity contribution < 1.29 is 9.47 Å². The van der Waals surface area contributed by atoms with Crippen molar-refractivity contribution in [1.82, 2.24) is 10.2 Å². The van der Waals surface area contributed by atoms with Crippen molar-refractivity contribution in [3.8, 4) is 22.8 Å². The van der Waals surface area contributed by atoms with Crippen molar-refractivity contribution in [2.24, 2.45) is 0 Å². The fourth-order valence-electron chi connectivity index (χ4n) is 1.75. The maximum Gasteiger partial charge on any atom is 0.161 e. The molecule has 0 aliphatic heterocycles. The first-order chi connectivity index (χ1) is 8.15. The molecule has 1 aromatic carbocycles. The Morgan fingerprint density at radius 2 is 1.76 bits per heavy atom. The number of nitrogen functional groups attached to an aromatic ring is 1. The van der Waals surface area contributed by atoms with Crippen LogP contribution in [0, 0.1) is 6.92 Å². The molecule has 5 nitrogen and oxygen atoms in total. The van der Waals surface area contributed by atoms with Gasteiger partial charge in [-0.15, -0.1) is 0 Å². The number of aryl methyl sites for hydroxylation is 1. The highest BCUT2D eigenvalue weighted by molar-refractivity contribution is 5.69. The molecule has 17 heavy (non-hydrogen) atoms. The third-order valence-corrected chi connectivity index (χ3v) is 2.62. The van der Waals surface area contributed by atoms with Gasteiger partial charge in [0.05, 0.1) is 19.9 Å². The van der Waals surface area contributed by atoms with Gasteiger partial charge >= 0.3 is 0 Å². The van der Waals surface area contributed by atoms with Crippen LogP contribution in [-0.2, 0) is 0 Å². The third kappa shape index (κ3) is 2.04. The predicted molar refractivity (Wildman–Crippen MR) is 66.3 cm³/mol. The van der Waals surface area contributed by atoms with Crippen molar-refractivity contribution in [2.75, 3.05) is 20.0 Å². The molecule has 2 aromatic rings. The van der Waals surface area contributed by atoms with E-state index < -0.39 is 0 Å². The molecule has 0 atom stereocenters. The number of nitrogens with zero attached hydrogens (tertiary/aromatic N) is 1. The monoisotopic (exact) mass is 233 g/mol. The van der Waals surface area contributed by atoms with Gasteiger partial charge in [-0.3, -0.25) is 5.10 Å². The maximum absolute atomic E-state index is 5.59. The second-order valence-corrected chi connectivity index (χ2v) is 3.73. The summed E-state index contributed by atoms with van der Waals surface area (Å²) in [6, 6.07) is 5.61. The molecule has 2 rings (SSSR count). The summed E-state index contributed by atoms with van der Waals surface area (Å²) in [5.41, 5.74) is 8.51. The predicted octanol–water partition coefficient (Wildman–Crippen LogP) is 1.98. The lowest BCUT2D eigenvalue weighted by molar-refractivity contribution is 0.355. The SMILES string of the molecule is COc1cc(C)c(-c2cc(N)n[nH]2)cc1OC. The summed E-state index contributed by atoms with van der Waals surface area (Å²) in [6.45, 7) is 1.99. The molecule has 0 bridgehead atoms. The lowest BCUT2D eigenvalue weighted by Gasteiger charge is -2.11. The Morgan fingerprint density at radius 3 is 2.29 bits per heavy atom. The maximum atomic E-state index is 5.59. The Bertz CT molecular complexity index is 535. The van der Waals surface area contributed by atoms with Crippen molar-refractivity contribution in [1.29, 1.82) is 0 Å². The topological polar surface area (TPSA) is 73.2 Å². The number of aromatic nitrogens is 2. The third-order valence-electron chi connectivity index (χ3n) is 2.62. The van der Waals surface area contributed by atoms with Gasteiger partial charge in [0.25, 0.3) is 0 Å². The molecule has 0 saturated carbocycles. The van der Waals surface area contributed by atoms with Crippen LogP contribution < -0.4 is 15.2 Å². The number of anilines is 1. The Labute approximate surface area is 99.5 Å². The number of H-pyrrole nitrogens is 1. The molecule has 0 spiro atoms. The van der Waals surface area contributed by atoms with Gasteiger partial charge in [-0.25, -0.2) is 0 Å². The van der Waals surface area contributed by atoms with E-state index in [2.05, 4.69) is 10.2 Å². The number of nitrogens with one attached hydrogen (secondary N) is 1. The van der Waals surface area contributed by atoms with Gasteiger partial charge in [0, 0.05) is 11.6 Å². The van der Waals surface area contributed by atoms with Crippen molar-refractivity contribution in [2.45, 2.75) is 6.92 Å². The van der Waals surface area contributed by atoms with Crippen LogP contribution in [0.3, 0.4) is 0 Å². The van der Waals surface area contributed by atoms with Gasteiger partial charge in [0.1, 0.15) is 5.82 Å². The second-order valence-electron chi connectivity index (χ2n) is 3.73. The molecular formula is C12H15N3O2. The largest absolute Gasteiger partial charge is 0.493 e. The summed E-state index contributed by atoms with van der Waals surface area (Å²) in [4.78, 5) is 0. The van der Waals surface area contributed by atoms with Crippen LogP contribution in [-0.4, -0.2) is 24.4 Å². The molecule has 3 N–H and O–H groups in total.